The lowest BCUT2D eigenvalue weighted by Crippen LogP contribution is -2.34. The van der Waals surface area contributed by atoms with Crippen LogP contribution in [0.15, 0.2) is 6.20 Å². The molecule has 1 N–H and O–H groups in total. The molecule has 1 aliphatic carbocycles. The lowest BCUT2D eigenvalue weighted by molar-refractivity contribution is 0.0569. The quantitative estimate of drug-likeness (QED) is 0.902. The third-order valence-corrected chi connectivity index (χ3v) is 4.26. The lowest BCUT2D eigenvalue weighted by atomic mass is 9.74. The molecule has 0 fully saturated rings. The van der Waals surface area contributed by atoms with Crippen molar-refractivity contribution in [1.82, 2.24) is 15.3 Å². The second kappa shape index (κ2) is 6.41. The highest BCUT2D eigenvalue weighted by atomic mass is 16.5. The molecular weight excluding hydrogens is 262 g/mol. The highest BCUT2D eigenvalue weighted by molar-refractivity contribution is 5.27. The fourth-order valence-corrected chi connectivity index (χ4v) is 3.30. The van der Waals surface area contributed by atoms with E-state index >= 15 is 0 Å². The fraction of sp³-hybridized carbons (Fsp3) is 0.765. The molecule has 21 heavy (non-hydrogen) atoms. The van der Waals surface area contributed by atoms with E-state index < -0.39 is 0 Å². The van der Waals surface area contributed by atoms with E-state index in [0.717, 1.165) is 25.2 Å². The molecule has 4 nitrogen and oxygen atoms in total. The van der Waals surface area contributed by atoms with Gasteiger partial charge in [0.1, 0.15) is 6.10 Å². The van der Waals surface area contributed by atoms with Crippen LogP contribution >= 0.6 is 0 Å². The molecule has 2 rings (SSSR count). The van der Waals surface area contributed by atoms with Crippen molar-refractivity contribution in [3.05, 3.63) is 23.3 Å². The van der Waals surface area contributed by atoms with Crippen molar-refractivity contribution in [3.8, 4) is 0 Å². The molecule has 4 heteroatoms. The Bertz CT molecular complexity index is 485. The maximum Gasteiger partial charge on any atom is 0.157 e. The minimum Gasteiger partial charge on any atom is -0.373 e. The molecule has 0 saturated heterocycles. The van der Waals surface area contributed by atoms with Gasteiger partial charge in [-0.2, -0.15) is 0 Å². The number of nitrogens with zero attached hydrogens (tertiary/aromatic N) is 2. The first-order valence-electron chi connectivity index (χ1n) is 8.00. The minimum absolute atomic E-state index is 0.0297. The molecule has 0 amide bonds. The molecule has 1 aromatic heterocycles. The highest BCUT2D eigenvalue weighted by Crippen LogP contribution is 2.40. The summed E-state index contributed by atoms with van der Waals surface area (Å²) in [6.45, 7) is 12.0. The van der Waals surface area contributed by atoms with Crippen molar-refractivity contribution in [3.63, 3.8) is 0 Å². The van der Waals surface area contributed by atoms with Gasteiger partial charge in [-0.05, 0) is 30.7 Å². The number of nitrogens with one attached hydrogen (secondary N) is 1. The summed E-state index contributed by atoms with van der Waals surface area (Å²) < 4.78 is 5.57. The summed E-state index contributed by atoms with van der Waals surface area (Å²) in [6, 6.07) is 0.364. The van der Waals surface area contributed by atoms with Gasteiger partial charge < -0.3 is 10.1 Å². The van der Waals surface area contributed by atoms with Crippen molar-refractivity contribution < 1.29 is 4.74 Å². The normalized spacial score (nSPS) is 22.1. The number of fused-ring (bicyclic) bond motifs is 1. The van der Waals surface area contributed by atoms with Gasteiger partial charge in [-0.25, -0.2) is 9.97 Å². The topological polar surface area (TPSA) is 47.0 Å². The maximum atomic E-state index is 5.57. The standard InChI is InChI=1S/C17H29N3O/c1-7-18-13-8-17(4,5)9-14-12(13)10-19-16(20-14)15(21-6)11(2)3/h10-11,13,15,18H,7-9H2,1-6H3. The van der Waals surface area contributed by atoms with Gasteiger partial charge in [-0.1, -0.05) is 34.6 Å². The SMILES string of the molecule is CCNC1CC(C)(C)Cc2nc(C(OC)C(C)C)ncc21. The number of hydrogen-bond acceptors (Lipinski definition) is 4. The van der Waals surface area contributed by atoms with Crippen molar-refractivity contribution in [1.29, 1.82) is 0 Å². The lowest BCUT2D eigenvalue weighted by Gasteiger charge is -2.36. The second-order valence-electron chi connectivity index (χ2n) is 7.19. The zero-order valence-electron chi connectivity index (χ0n) is 14.2. The molecule has 0 saturated carbocycles. The summed E-state index contributed by atoms with van der Waals surface area (Å²) in [6.07, 6.45) is 4.12. The minimum atomic E-state index is -0.0297. The third-order valence-electron chi connectivity index (χ3n) is 4.26. The monoisotopic (exact) mass is 291 g/mol. The molecule has 1 heterocycles. The van der Waals surface area contributed by atoms with Gasteiger partial charge in [-0.3, -0.25) is 0 Å². The Labute approximate surface area is 128 Å². The van der Waals surface area contributed by atoms with Crippen LogP contribution in [-0.4, -0.2) is 23.6 Å². The van der Waals surface area contributed by atoms with Gasteiger partial charge >= 0.3 is 0 Å². The van der Waals surface area contributed by atoms with Gasteiger partial charge in [-0.15, -0.1) is 0 Å². The highest BCUT2D eigenvalue weighted by Gasteiger charge is 2.34. The predicted molar refractivity (Wildman–Crippen MR) is 85.1 cm³/mol. The van der Waals surface area contributed by atoms with Crippen LogP contribution in [0.1, 0.15) is 70.3 Å². The van der Waals surface area contributed by atoms with Crippen LogP contribution < -0.4 is 5.32 Å². The van der Waals surface area contributed by atoms with E-state index in [1.807, 2.05) is 6.20 Å². The number of methoxy groups -OCH3 is 1. The first-order chi connectivity index (χ1) is 9.88. The van der Waals surface area contributed by atoms with Crippen LogP contribution in [0.25, 0.3) is 0 Å². The van der Waals surface area contributed by atoms with Crippen LogP contribution in [0.2, 0.25) is 0 Å². The van der Waals surface area contributed by atoms with Crippen LogP contribution in [0.3, 0.4) is 0 Å². The van der Waals surface area contributed by atoms with Crippen molar-refractivity contribution in [2.45, 2.75) is 59.6 Å². The molecular formula is C17H29N3O. The summed E-state index contributed by atoms with van der Waals surface area (Å²) in [7, 11) is 1.73. The third kappa shape index (κ3) is 3.61. The Morgan fingerprint density at radius 2 is 2.14 bits per heavy atom. The predicted octanol–water partition coefficient (Wildman–Crippen LogP) is 3.44. The van der Waals surface area contributed by atoms with E-state index in [0.29, 0.717) is 12.0 Å². The fourth-order valence-electron chi connectivity index (χ4n) is 3.30. The smallest absolute Gasteiger partial charge is 0.157 e. The van der Waals surface area contributed by atoms with Crippen LogP contribution in [0.4, 0.5) is 0 Å². The van der Waals surface area contributed by atoms with E-state index in [4.69, 9.17) is 9.72 Å². The summed E-state index contributed by atoms with van der Waals surface area (Å²) in [5.74, 6) is 1.19. The number of rotatable bonds is 5. The zero-order valence-corrected chi connectivity index (χ0v) is 14.2. The van der Waals surface area contributed by atoms with E-state index in [1.54, 1.807) is 7.11 Å². The average molecular weight is 291 g/mol. The molecule has 2 atom stereocenters. The van der Waals surface area contributed by atoms with E-state index in [1.165, 1.54) is 11.3 Å². The van der Waals surface area contributed by atoms with Gasteiger partial charge in [0.25, 0.3) is 0 Å². The Morgan fingerprint density at radius 3 is 2.71 bits per heavy atom. The van der Waals surface area contributed by atoms with Gasteiger partial charge in [0, 0.05) is 30.6 Å². The van der Waals surface area contributed by atoms with Crippen molar-refractivity contribution >= 4 is 0 Å². The Kier molecular flexibility index (Phi) is 4.99. The summed E-state index contributed by atoms with van der Waals surface area (Å²) in [5.41, 5.74) is 2.72. The van der Waals surface area contributed by atoms with E-state index in [2.05, 4.69) is 44.9 Å². The molecule has 2 unspecified atom stereocenters. The molecule has 0 bridgehead atoms. The van der Waals surface area contributed by atoms with Gasteiger partial charge in [0.05, 0.1) is 0 Å². The number of hydrogen-bond donors (Lipinski definition) is 1. The molecule has 1 aromatic rings. The number of aromatic nitrogens is 2. The van der Waals surface area contributed by atoms with E-state index in [9.17, 15) is 0 Å². The van der Waals surface area contributed by atoms with Crippen molar-refractivity contribution in [2.75, 3.05) is 13.7 Å². The maximum absolute atomic E-state index is 5.57. The Hall–Kier alpha value is -1.00. The Balaban J connectivity index is 2.38. The molecule has 0 aromatic carbocycles. The molecule has 0 aliphatic heterocycles. The van der Waals surface area contributed by atoms with Crippen LogP contribution in [0.5, 0.6) is 0 Å². The second-order valence-corrected chi connectivity index (χ2v) is 7.19. The molecule has 0 radical (unpaired) electrons. The van der Waals surface area contributed by atoms with Gasteiger partial charge in [0.15, 0.2) is 5.82 Å². The largest absolute Gasteiger partial charge is 0.373 e. The first-order valence-corrected chi connectivity index (χ1v) is 8.00. The summed E-state index contributed by atoms with van der Waals surface area (Å²) in [5, 5.41) is 3.57. The van der Waals surface area contributed by atoms with E-state index in [-0.39, 0.29) is 11.5 Å². The molecule has 0 spiro atoms. The molecule has 1 aliphatic rings. The van der Waals surface area contributed by atoms with Crippen LogP contribution in [0, 0.1) is 11.3 Å². The van der Waals surface area contributed by atoms with Crippen molar-refractivity contribution in [2.24, 2.45) is 11.3 Å². The first kappa shape index (κ1) is 16.4. The summed E-state index contributed by atoms with van der Waals surface area (Å²) >= 11 is 0. The molecule has 118 valence electrons. The average Bonchev–Trinajstić information content (AvgIpc) is 2.37. The van der Waals surface area contributed by atoms with Gasteiger partial charge in [0.2, 0.25) is 0 Å². The Morgan fingerprint density at radius 1 is 1.43 bits per heavy atom. The van der Waals surface area contributed by atoms with Crippen LogP contribution in [-0.2, 0) is 11.2 Å². The number of ether oxygens (including phenoxy) is 1. The zero-order chi connectivity index (χ0) is 15.6. The summed E-state index contributed by atoms with van der Waals surface area (Å²) in [4.78, 5) is 9.45.